The zero-order valence-electron chi connectivity index (χ0n) is 43.6. The lowest BCUT2D eigenvalue weighted by Crippen LogP contribution is -2.51. The van der Waals surface area contributed by atoms with Crippen LogP contribution < -0.4 is 4.31 Å². The second-order valence-electron chi connectivity index (χ2n) is 10.4. The highest BCUT2D eigenvalue weighted by atomic mass is 32.2. The molecule has 2 rings (SSSR count). The van der Waals surface area contributed by atoms with Crippen molar-refractivity contribution in [3.05, 3.63) is 46.8 Å². The molecule has 1 aromatic carbocycles. The number of nitrogens with zero attached hydrogens (tertiary/aromatic N) is 3. The van der Waals surface area contributed by atoms with E-state index in [1.807, 2.05) is 0 Å². The van der Waals surface area contributed by atoms with Crippen molar-refractivity contribution >= 4 is 27.5 Å². The average Bonchev–Trinajstić information content (AvgIpc) is 3.11. The Kier molecular flexibility index (Phi) is 4.79. The second kappa shape index (κ2) is 12.4. The predicted molar refractivity (Wildman–Crippen MR) is 164 cm³/mol. The van der Waals surface area contributed by atoms with Gasteiger partial charge in [-0.15, -0.1) is 0 Å². The summed E-state index contributed by atoms with van der Waals surface area (Å²) in [5.41, 5.74) is -14.9. The van der Waals surface area contributed by atoms with Gasteiger partial charge in [0.1, 0.15) is 5.82 Å². The molecule has 0 unspecified atom stereocenters. The maximum Gasteiger partial charge on any atom is 0.306 e. The minimum absolute atomic E-state index is 0.516. The maximum atomic E-state index is 15.2. The minimum Gasteiger partial charge on any atom is -0.481 e. The van der Waals surface area contributed by atoms with Gasteiger partial charge in [0, 0.05) is 52.5 Å². The van der Waals surface area contributed by atoms with E-state index in [1.54, 1.807) is 0 Å². The number of rotatable bonds is 12. The highest BCUT2D eigenvalue weighted by Gasteiger charge is 2.47. The third-order valence-electron chi connectivity index (χ3n) is 6.67. The van der Waals surface area contributed by atoms with E-state index in [9.17, 15) is 16.0 Å². The number of benzene rings is 1. The number of allylic oxidation sites excluding steroid dienone is 1. The number of aromatic nitrogens is 2. The fraction of sp³-hybridized carbons (Fsp3) is 0.581. The maximum absolute atomic E-state index is 15.2. The molecule has 0 saturated heterocycles. The number of ether oxygens (including phenoxy) is 1. The molecule has 0 aliphatic carbocycles. The highest BCUT2D eigenvalue weighted by molar-refractivity contribution is 7.93. The summed E-state index contributed by atoms with van der Waals surface area (Å²) >= 11 is 0. The Bertz CT molecular complexity index is 2160. The summed E-state index contributed by atoms with van der Waals surface area (Å²) in [6.07, 6.45) is -6.78. The number of hydrogen-bond donors (Lipinski definition) is 2. The van der Waals surface area contributed by atoms with E-state index in [1.165, 1.54) is 0 Å². The van der Waals surface area contributed by atoms with E-state index in [-0.39, 0.29) is 0 Å². The molecule has 42 heavy (non-hydrogen) atoms. The lowest BCUT2D eigenvalue weighted by Gasteiger charge is -2.44. The smallest absolute Gasteiger partial charge is 0.306 e. The molecule has 2 N–H and O–H groups in total. The molecule has 2 atom stereocenters. The number of hydrogen-bond acceptors (Lipinski definition) is 8. The topological polar surface area (TPSA) is 130 Å². The normalized spacial score (nSPS) is 24.4. The first-order valence-corrected chi connectivity index (χ1v) is 13.7. The van der Waals surface area contributed by atoms with E-state index in [4.69, 9.17) is 33.3 Å². The molecule has 9 nitrogen and oxygen atoms in total. The number of carboxylic acids is 1. The van der Waals surface area contributed by atoms with E-state index in [2.05, 4.69) is 15.1 Å². The molecular formula is C31H46FN3O6S. The lowest BCUT2D eigenvalue weighted by molar-refractivity contribution is -0.160. The first kappa shape index (κ1) is 16.3. The Balaban J connectivity index is 3.82. The molecule has 1 aromatic heterocycles. The standard InChI is InChI=1S/C31H46FN3O6S/c1-18(2)42(39,40)35(11)28-33-26(21-13-14-22(32)19(3)15-21)25(27(34-28)29(5,6)7)20(4)16-23(36)30(8,9)31(10,41-12)17-24(37)38/h13-16,18,23,36H,17H2,1-12H3,(H,37,38)/b20-16+/t23-,31+/m1/s1/i5D3,6D3,11D3,13D,14D,15D,16D,17D2,18D,23D,36D/hD. The molecule has 0 amide bonds. The van der Waals surface area contributed by atoms with Crippen molar-refractivity contribution < 1.29 is 55.9 Å². The minimum atomic E-state index is -5.55. The Labute approximate surface area is 276 Å². The Morgan fingerprint density at radius 2 is 2.00 bits per heavy atom. The first-order valence-electron chi connectivity index (χ1n) is 21.5. The summed E-state index contributed by atoms with van der Waals surface area (Å²) < 4.78 is 209. The molecule has 2 aromatic rings. The number of anilines is 1. The Morgan fingerprint density at radius 3 is 2.52 bits per heavy atom. The summed E-state index contributed by atoms with van der Waals surface area (Å²) in [5, 5.41) is 5.88. The fourth-order valence-corrected chi connectivity index (χ4v) is 4.26. The van der Waals surface area contributed by atoms with Gasteiger partial charge in [-0.2, -0.15) is 0 Å². The zero-order valence-corrected chi connectivity index (χ0v) is 25.4. The van der Waals surface area contributed by atoms with Gasteiger partial charge in [0.15, 0.2) is 0 Å². The van der Waals surface area contributed by atoms with Gasteiger partial charge in [0.2, 0.25) is 17.4 Å². The number of halogens is 1. The third-order valence-corrected chi connectivity index (χ3v) is 8.35. The third kappa shape index (κ3) is 7.01. The highest BCUT2D eigenvalue weighted by Crippen LogP contribution is 2.43. The number of sulfonamides is 1. The number of carbonyl (C=O) groups is 1. The van der Waals surface area contributed by atoms with Crippen molar-refractivity contribution in [2.75, 3.05) is 18.4 Å². The summed E-state index contributed by atoms with van der Waals surface area (Å²) in [6.45, 7) is -4.86. The van der Waals surface area contributed by atoms with E-state index >= 15 is 4.39 Å². The SMILES string of the molecule is [2H]OC(=O)C([2H])([2H])[C@](C)(OC)C(C)(C)[C@]([2H])(O[2H])/C([2H])=C(\C)c1c(-c2c([2H])c([2H])c(F)c(C)c2[2H])nc(N(C([2H])([2H])[2H])S(=O)(=O)C([2H])(C)C)nc1C(C)(C([2H])([2H])[2H])C([2H])([2H])[2H]. The fourth-order valence-electron chi connectivity index (χ4n) is 3.59. The van der Waals surface area contributed by atoms with Gasteiger partial charge in [-0.05, 0) is 63.9 Å². The van der Waals surface area contributed by atoms with Crippen molar-refractivity contribution in [2.45, 2.75) is 97.8 Å². The molecule has 0 aliphatic rings. The van der Waals surface area contributed by atoms with Gasteiger partial charge in [-0.25, -0.2) is 27.1 Å². The molecule has 1 heterocycles. The average molecular weight is 627 g/mol. The summed E-state index contributed by atoms with van der Waals surface area (Å²) in [4.78, 5) is 20.6. The van der Waals surface area contributed by atoms with Crippen LogP contribution in [-0.4, -0.2) is 67.0 Å². The second-order valence-corrected chi connectivity index (χ2v) is 12.6. The molecule has 0 bridgehead atoms. The van der Waals surface area contributed by atoms with Gasteiger partial charge in [0.05, 0.1) is 41.5 Å². The van der Waals surface area contributed by atoms with E-state index in [0.29, 0.717) is 6.92 Å². The van der Waals surface area contributed by atoms with Crippen LogP contribution >= 0.6 is 0 Å². The molecule has 0 saturated carbocycles. The molecule has 0 aliphatic heterocycles. The van der Waals surface area contributed by atoms with Crippen LogP contribution in [0.2, 0.25) is 0 Å². The van der Waals surface area contributed by atoms with Crippen LogP contribution in [0.5, 0.6) is 0 Å². The Hall–Kier alpha value is -2.89. The molecule has 0 fully saturated rings. The first-order chi connectivity index (χ1) is 26.9. The van der Waals surface area contributed by atoms with Gasteiger partial charge < -0.3 is 15.0 Å². The van der Waals surface area contributed by atoms with Crippen molar-refractivity contribution in [1.82, 2.24) is 9.97 Å². The van der Waals surface area contributed by atoms with Gasteiger partial charge in [0.25, 0.3) is 1.43 Å². The molecule has 11 heteroatoms. The van der Waals surface area contributed by atoms with Crippen LogP contribution in [0.15, 0.2) is 24.2 Å². The largest absolute Gasteiger partial charge is 0.481 e. The summed E-state index contributed by atoms with van der Waals surface area (Å²) in [7, 11) is -4.69. The number of carboxylic acid groups (broad SMARTS) is 1. The van der Waals surface area contributed by atoms with Crippen LogP contribution in [0.3, 0.4) is 0 Å². The van der Waals surface area contributed by atoms with Crippen LogP contribution in [-0.2, 0) is 25.0 Å². The Morgan fingerprint density at radius 1 is 1.33 bits per heavy atom. The lowest BCUT2D eigenvalue weighted by atomic mass is 9.69. The van der Waals surface area contributed by atoms with Crippen LogP contribution in [0.4, 0.5) is 10.3 Å². The monoisotopic (exact) mass is 626 g/mol. The van der Waals surface area contributed by atoms with Crippen LogP contribution in [0.25, 0.3) is 18.3 Å². The van der Waals surface area contributed by atoms with Crippen molar-refractivity contribution in [1.29, 1.82) is 2.86 Å². The van der Waals surface area contributed by atoms with Crippen LogP contribution in [0.1, 0.15) is 109 Å². The van der Waals surface area contributed by atoms with Gasteiger partial charge in [-0.3, -0.25) is 4.79 Å². The number of aliphatic hydroxyl groups is 1. The van der Waals surface area contributed by atoms with Gasteiger partial charge in [-0.1, -0.05) is 40.5 Å². The molecule has 234 valence electrons. The van der Waals surface area contributed by atoms with Crippen molar-refractivity contribution in [3.8, 4) is 11.3 Å². The van der Waals surface area contributed by atoms with Crippen molar-refractivity contribution in [2.24, 2.45) is 5.41 Å². The van der Waals surface area contributed by atoms with Crippen molar-refractivity contribution in [3.63, 3.8) is 0 Å². The van der Waals surface area contributed by atoms with Gasteiger partial charge >= 0.3 is 5.97 Å². The van der Waals surface area contributed by atoms with E-state index in [0.717, 1.165) is 55.6 Å². The molecular weight excluding hydrogens is 561 g/mol. The van der Waals surface area contributed by atoms with E-state index < -0.39 is 145 Å². The number of methoxy groups -OCH3 is 1. The summed E-state index contributed by atoms with van der Waals surface area (Å²) in [6, 6.07) is -4.89. The molecule has 0 radical (unpaired) electrons. The van der Waals surface area contributed by atoms with Crippen LogP contribution in [0, 0.1) is 18.2 Å². The quantitative estimate of drug-likeness (QED) is 0.305. The molecule has 0 spiro atoms. The number of aliphatic carboxylic acids is 1. The summed E-state index contributed by atoms with van der Waals surface area (Å²) in [5.74, 6) is -4.89. The predicted octanol–water partition coefficient (Wildman–Crippen LogP) is 5.73. The zero-order chi connectivity index (χ0) is 48.6.